The van der Waals surface area contributed by atoms with Crippen LogP contribution in [0.4, 0.5) is 0 Å². The van der Waals surface area contributed by atoms with Crippen LogP contribution in [0.15, 0.2) is 29.8 Å². The van der Waals surface area contributed by atoms with E-state index in [-0.39, 0.29) is 5.75 Å². The second kappa shape index (κ2) is 3.67. The first-order valence-electron chi connectivity index (χ1n) is 4.13. The van der Waals surface area contributed by atoms with Gasteiger partial charge in [-0.15, -0.1) is 0 Å². The monoisotopic (exact) mass is 207 g/mol. The Kier molecular flexibility index (Phi) is 2.37. The number of thiazole rings is 1. The van der Waals surface area contributed by atoms with Crippen molar-refractivity contribution in [2.75, 3.05) is 0 Å². The smallest absolute Gasteiger partial charge is 0.278 e. The molecule has 0 fully saturated rings. The molecule has 0 spiro atoms. The van der Waals surface area contributed by atoms with Gasteiger partial charge in [0.2, 0.25) is 0 Å². The van der Waals surface area contributed by atoms with Crippen LogP contribution >= 0.6 is 11.3 Å². The largest absolute Gasteiger partial charge is 0.508 e. The Morgan fingerprint density at radius 1 is 1.43 bits per heavy atom. The Labute approximate surface area is 85.6 Å². The molecule has 0 aliphatic heterocycles. The Morgan fingerprint density at radius 3 is 3.00 bits per heavy atom. The first-order valence-corrected chi connectivity index (χ1v) is 5.01. The van der Waals surface area contributed by atoms with Crippen molar-refractivity contribution in [1.29, 1.82) is 0 Å². The zero-order valence-electron chi connectivity index (χ0n) is 7.60. The van der Waals surface area contributed by atoms with Crippen LogP contribution in [0.3, 0.4) is 0 Å². The molecule has 0 unspecified atom stereocenters. The molecule has 0 aliphatic rings. The van der Waals surface area contributed by atoms with Gasteiger partial charge in [-0.1, -0.05) is 17.4 Å². The van der Waals surface area contributed by atoms with E-state index in [4.69, 9.17) is 4.74 Å². The molecule has 0 radical (unpaired) electrons. The number of nitrogens with zero attached hydrogens (tertiary/aromatic N) is 1. The van der Waals surface area contributed by atoms with Gasteiger partial charge in [-0.3, -0.25) is 0 Å². The molecule has 2 aromatic rings. The maximum atomic E-state index is 9.43. The van der Waals surface area contributed by atoms with Crippen molar-refractivity contribution in [3.8, 4) is 16.7 Å². The topological polar surface area (TPSA) is 42.4 Å². The summed E-state index contributed by atoms with van der Waals surface area (Å²) in [5.74, 6) is 0.874. The summed E-state index contributed by atoms with van der Waals surface area (Å²) in [5, 5.41) is 11.9. The van der Waals surface area contributed by atoms with E-state index >= 15 is 0 Å². The molecule has 4 heteroatoms. The van der Waals surface area contributed by atoms with Crippen molar-refractivity contribution in [3.63, 3.8) is 0 Å². The van der Waals surface area contributed by atoms with Crippen LogP contribution in [0, 0.1) is 6.92 Å². The molecule has 0 atom stereocenters. The molecule has 0 aliphatic carbocycles. The van der Waals surface area contributed by atoms with Gasteiger partial charge in [0.25, 0.3) is 5.19 Å². The average molecular weight is 207 g/mol. The number of phenolic OH excluding ortho intramolecular Hbond substituents is 1. The van der Waals surface area contributed by atoms with Crippen LogP contribution in [0.2, 0.25) is 0 Å². The summed E-state index contributed by atoms with van der Waals surface area (Å²) in [6, 6.07) is 5.17. The third-order valence-electron chi connectivity index (χ3n) is 1.86. The van der Waals surface area contributed by atoms with Gasteiger partial charge in [0.1, 0.15) is 11.5 Å². The predicted molar refractivity (Wildman–Crippen MR) is 55.0 cm³/mol. The average Bonchev–Trinajstić information content (AvgIpc) is 2.66. The molecular formula is C10H9NO2S. The number of benzene rings is 1. The quantitative estimate of drug-likeness (QED) is 0.823. The van der Waals surface area contributed by atoms with Gasteiger partial charge in [0.15, 0.2) is 0 Å². The van der Waals surface area contributed by atoms with Crippen LogP contribution in [0.1, 0.15) is 5.56 Å². The van der Waals surface area contributed by atoms with Crippen LogP contribution < -0.4 is 4.74 Å². The number of rotatable bonds is 2. The standard InChI is InChI=1S/C10H9NO2S/c1-7-8(12)3-2-4-9(7)13-10-11-5-6-14-10/h2-6,12H,1H3. The van der Waals surface area contributed by atoms with Gasteiger partial charge < -0.3 is 9.84 Å². The van der Waals surface area contributed by atoms with E-state index in [9.17, 15) is 5.11 Å². The summed E-state index contributed by atoms with van der Waals surface area (Å²) in [6.07, 6.45) is 1.68. The number of hydrogen-bond acceptors (Lipinski definition) is 4. The molecular weight excluding hydrogens is 198 g/mol. The number of ether oxygens (including phenoxy) is 1. The fourth-order valence-electron chi connectivity index (χ4n) is 1.07. The number of phenols is 1. The van der Waals surface area contributed by atoms with Crippen molar-refractivity contribution in [1.82, 2.24) is 4.98 Å². The molecule has 0 amide bonds. The maximum absolute atomic E-state index is 9.43. The van der Waals surface area contributed by atoms with Crippen LogP contribution in [-0.2, 0) is 0 Å². The summed E-state index contributed by atoms with van der Waals surface area (Å²) in [5.41, 5.74) is 0.725. The summed E-state index contributed by atoms with van der Waals surface area (Å²) < 4.78 is 5.48. The molecule has 0 bridgehead atoms. The first-order chi connectivity index (χ1) is 6.77. The van der Waals surface area contributed by atoms with E-state index in [0.717, 1.165) is 5.56 Å². The minimum atomic E-state index is 0.235. The highest BCUT2D eigenvalue weighted by Crippen LogP contribution is 2.30. The van der Waals surface area contributed by atoms with E-state index in [0.29, 0.717) is 10.9 Å². The highest BCUT2D eigenvalue weighted by atomic mass is 32.1. The van der Waals surface area contributed by atoms with Crippen molar-refractivity contribution in [2.24, 2.45) is 0 Å². The molecule has 1 aromatic heterocycles. The predicted octanol–water partition coefficient (Wildman–Crippen LogP) is 2.95. The van der Waals surface area contributed by atoms with Crippen molar-refractivity contribution in [3.05, 3.63) is 35.3 Å². The fourth-order valence-corrected chi connectivity index (χ4v) is 1.57. The van der Waals surface area contributed by atoms with Gasteiger partial charge in [-0.2, -0.15) is 0 Å². The summed E-state index contributed by atoms with van der Waals surface area (Å²) >= 11 is 1.42. The van der Waals surface area contributed by atoms with E-state index < -0.39 is 0 Å². The number of hydrogen-bond donors (Lipinski definition) is 1. The lowest BCUT2D eigenvalue weighted by Gasteiger charge is -2.06. The molecule has 3 nitrogen and oxygen atoms in total. The van der Waals surface area contributed by atoms with Crippen LogP contribution in [0.25, 0.3) is 0 Å². The molecule has 1 N–H and O–H groups in total. The molecule has 2 rings (SSSR count). The van der Waals surface area contributed by atoms with Gasteiger partial charge in [0, 0.05) is 17.1 Å². The Bertz CT molecular complexity index is 426. The molecule has 14 heavy (non-hydrogen) atoms. The third kappa shape index (κ3) is 1.70. The second-order valence-electron chi connectivity index (χ2n) is 2.80. The first kappa shape index (κ1) is 9.02. The lowest BCUT2D eigenvalue weighted by molar-refractivity contribution is 0.447. The summed E-state index contributed by atoms with van der Waals surface area (Å²) in [6.45, 7) is 1.80. The van der Waals surface area contributed by atoms with Gasteiger partial charge in [-0.25, -0.2) is 4.98 Å². The van der Waals surface area contributed by atoms with Gasteiger partial charge in [0.05, 0.1) is 0 Å². The minimum Gasteiger partial charge on any atom is -0.508 e. The highest BCUT2D eigenvalue weighted by Gasteiger charge is 2.05. The zero-order chi connectivity index (χ0) is 9.97. The number of aromatic hydroxyl groups is 1. The van der Waals surface area contributed by atoms with Crippen molar-refractivity contribution < 1.29 is 9.84 Å². The SMILES string of the molecule is Cc1c(O)cccc1Oc1nccs1. The lowest BCUT2D eigenvalue weighted by atomic mass is 10.2. The normalized spacial score (nSPS) is 10.1. The maximum Gasteiger partial charge on any atom is 0.278 e. The molecule has 1 aromatic carbocycles. The zero-order valence-corrected chi connectivity index (χ0v) is 8.41. The number of aromatic nitrogens is 1. The lowest BCUT2D eigenvalue weighted by Crippen LogP contribution is -1.86. The van der Waals surface area contributed by atoms with E-state index in [1.807, 2.05) is 5.38 Å². The Morgan fingerprint density at radius 2 is 2.29 bits per heavy atom. The third-order valence-corrected chi connectivity index (χ3v) is 2.51. The van der Waals surface area contributed by atoms with E-state index in [1.54, 1.807) is 31.3 Å². The van der Waals surface area contributed by atoms with E-state index in [2.05, 4.69) is 4.98 Å². The van der Waals surface area contributed by atoms with Crippen molar-refractivity contribution in [2.45, 2.75) is 6.92 Å². The minimum absolute atomic E-state index is 0.235. The molecule has 0 saturated heterocycles. The second-order valence-corrected chi connectivity index (χ2v) is 3.66. The Balaban J connectivity index is 2.29. The summed E-state index contributed by atoms with van der Waals surface area (Å²) in [7, 11) is 0. The van der Waals surface area contributed by atoms with Gasteiger partial charge >= 0.3 is 0 Å². The molecule has 1 heterocycles. The van der Waals surface area contributed by atoms with Crippen molar-refractivity contribution >= 4 is 11.3 Å². The molecule has 72 valence electrons. The summed E-state index contributed by atoms with van der Waals surface area (Å²) in [4.78, 5) is 4.00. The van der Waals surface area contributed by atoms with Crippen LogP contribution in [0.5, 0.6) is 16.7 Å². The van der Waals surface area contributed by atoms with E-state index in [1.165, 1.54) is 11.3 Å². The highest BCUT2D eigenvalue weighted by molar-refractivity contribution is 7.11. The van der Waals surface area contributed by atoms with Crippen LogP contribution in [-0.4, -0.2) is 10.1 Å². The Hall–Kier alpha value is -1.55. The fraction of sp³-hybridized carbons (Fsp3) is 0.100. The van der Waals surface area contributed by atoms with Gasteiger partial charge in [-0.05, 0) is 19.1 Å². The molecule has 0 saturated carbocycles.